The van der Waals surface area contributed by atoms with E-state index in [4.69, 9.17) is 30.2 Å². The number of amides is 1. The molecule has 0 unspecified atom stereocenters. The number of nitrogens with one attached hydrogen (secondary N) is 1. The Morgan fingerprint density at radius 3 is 2.77 bits per heavy atom. The molecule has 3 rings (SSSR count). The lowest BCUT2D eigenvalue weighted by Crippen LogP contribution is -2.66. The van der Waals surface area contributed by atoms with Crippen molar-refractivity contribution in [2.75, 3.05) is 13.0 Å². The number of piperidine rings is 1. The molecule has 2 heterocycles. The summed E-state index contributed by atoms with van der Waals surface area (Å²) in [6.45, 7) is -27.4. The third-order valence-electron chi connectivity index (χ3n) is 3.43. The molecule has 2 N–H and O–H groups in total. The van der Waals surface area contributed by atoms with Crippen LogP contribution in [0.15, 0.2) is 10.8 Å². The largest absolute Gasteiger partial charge is 0.513 e. The molecule has 0 bridgehead atoms. The number of carbonyl (C=O) groups is 1. The van der Waals surface area contributed by atoms with Crippen molar-refractivity contribution in [1.29, 1.82) is 0 Å². The van der Waals surface area contributed by atoms with Crippen molar-refractivity contribution in [3.8, 4) is 0 Å². The van der Waals surface area contributed by atoms with Gasteiger partial charge in [0.2, 0.25) is 0 Å². The Kier molecular flexibility index (Phi) is 1.23. The van der Waals surface area contributed by atoms with Crippen molar-refractivity contribution in [2.45, 2.75) is 51.7 Å². The molecule has 0 radical (unpaired) electrons. The second-order valence-corrected chi connectivity index (χ2v) is 5.10. The first-order chi connectivity index (χ1) is 20.9. The molecule has 2 aromatic rings. The van der Waals surface area contributed by atoms with Gasteiger partial charge >= 0.3 is 11.8 Å². The van der Waals surface area contributed by atoms with Gasteiger partial charge in [0, 0.05) is 39.3 Å². The third-order valence-corrected chi connectivity index (χ3v) is 3.43. The van der Waals surface area contributed by atoms with Crippen LogP contribution in [0.4, 0.5) is 13.6 Å². The molecule has 0 atom stereocenters. The van der Waals surface area contributed by atoms with Gasteiger partial charge in [0.1, 0.15) is 11.1 Å². The number of likely N-dealkylation sites (tertiary alicyclic amines) is 1. The van der Waals surface area contributed by atoms with E-state index in [0.29, 0.717) is 0 Å². The molecule has 0 saturated carbocycles. The normalized spacial score (nSPS) is 48.7. The highest BCUT2D eigenvalue weighted by molar-refractivity contribution is 5.77. The van der Waals surface area contributed by atoms with Gasteiger partial charge in [0.15, 0.2) is 13.0 Å². The molecule has 1 aliphatic rings. The van der Waals surface area contributed by atoms with Gasteiger partial charge in [-0.2, -0.15) is 4.79 Å². The van der Waals surface area contributed by atoms with Crippen LogP contribution in [0.2, 0.25) is 1.41 Å². The van der Waals surface area contributed by atoms with Crippen molar-refractivity contribution < 1.29 is 53.4 Å². The summed E-state index contributed by atoms with van der Waals surface area (Å²) in [5.74, 6) is -4.79. The first-order valence-corrected chi connectivity index (χ1v) is 6.56. The minimum atomic E-state index is -5.22. The van der Waals surface area contributed by atoms with Gasteiger partial charge < -0.3 is 10.1 Å². The fraction of sp³-hybridized carbons (Fsp3) is 0.556. The van der Waals surface area contributed by atoms with Crippen molar-refractivity contribution in [1.82, 2.24) is 9.54 Å². The minimum absolute atomic E-state index is 0.755. The fourth-order valence-corrected chi connectivity index (χ4v) is 2.13. The summed E-state index contributed by atoms with van der Waals surface area (Å²) in [6.07, 6.45) is -13.4. The van der Waals surface area contributed by atoms with E-state index < -0.39 is 125 Å². The van der Waals surface area contributed by atoms with Gasteiger partial charge in [-0.1, -0.05) is 0 Å². The Morgan fingerprint density at radius 2 is 2.23 bits per heavy atom. The van der Waals surface area contributed by atoms with E-state index in [9.17, 15) is 19.1 Å². The lowest BCUT2D eigenvalue weighted by atomic mass is 9.93. The quantitative estimate of drug-likeness (QED) is 0.731. The van der Waals surface area contributed by atoms with Crippen molar-refractivity contribution in [2.24, 2.45) is 0 Å². The van der Waals surface area contributed by atoms with E-state index in [1.165, 1.54) is 0 Å². The number of quaternary nitrogens is 1. The van der Waals surface area contributed by atoms with Crippen LogP contribution in [-0.4, -0.2) is 43.8 Å². The summed E-state index contributed by atoms with van der Waals surface area (Å²) in [6, 6.07) is -6.72. The summed E-state index contributed by atoms with van der Waals surface area (Å²) < 4.78 is 206. The molecule has 6 nitrogen and oxygen atoms in total. The highest BCUT2D eigenvalue weighted by Gasteiger charge is 2.50. The maximum Gasteiger partial charge on any atom is 0.513 e. The average Bonchev–Trinajstić information content (AvgIpc) is 3.11. The van der Waals surface area contributed by atoms with E-state index in [0.717, 1.165) is 0 Å². The van der Waals surface area contributed by atoms with Gasteiger partial charge in [-0.25, -0.2) is 18.1 Å². The van der Waals surface area contributed by atoms with Crippen molar-refractivity contribution in [3.05, 3.63) is 33.7 Å². The maximum atomic E-state index is 15.3. The number of aromatic amines is 1. The predicted molar refractivity (Wildman–Crippen MR) is 93.3 cm³/mol. The summed E-state index contributed by atoms with van der Waals surface area (Å²) in [5, 5.41) is 10.5. The van der Waals surface area contributed by atoms with Crippen LogP contribution < -0.4 is 5.69 Å². The molecular formula is C18H24F2N3O3+. The molecule has 8 heteroatoms. The lowest BCUT2D eigenvalue weighted by Gasteiger charge is -2.47. The number of benzene rings is 1. The number of nitrogens with zero attached hydrogens (tertiary/aromatic N) is 2. The molecule has 1 aromatic heterocycles. The van der Waals surface area contributed by atoms with Gasteiger partial charge in [-0.15, -0.1) is 0 Å². The van der Waals surface area contributed by atoms with E-state index in [1.54, 1.807) is 0 Å². The van der Waals surface area contributed by atoms with Gasteiger partial charge in [-0.3, -0.25) is 4.57 Å². The molecule has 0 aliphatic carbocycles. The number of rotatable bonds is 1. The third kappa shape index (κ3) is 2.55. The molecular weight excluding hydrogens is 344 g/mol. The molecule has 1 amide bonds. The van der Waals surface area contributed by atoms with Crippen LogP contribution in [-0.2, 0) is 0 Å². The van der Waals surface area contributed by atoms with Crippen LogP contribution in [0.1, 0.15) is 73.7 Å². The zero-order chi connectivity index (χ0) is 38.4. The van der Waals surface area contributed by atoms with Crippen LogP contribution in [0.25, 0.3) is 11.0 Å². The number of aromatic nitrogens is 2. The Hall–Kier alpha value is -2.22. The highest BCUT2D eigenvalue weighted by Crippen LogP contribution is 2.36. The Morgan fingerprint density at radius 1 is 1.54 bits per heavy atom. The van der Waals surface area contributed by atoms with Crippen molar-refractivity contribution >= 4 is 17.1 Å². The van der Waals surface area contributed by atoms with E-state index >= 15 is 4.39 Å². The van der Waals surface area contributed by atoms with Crippen LogP contribution in [0.3, 0.4) is 0 Å². The van der Waals surface area contributed by atoms with E-state index in [2.05, 4.69) is 0 Å². The fourth-order valence-electron chi connectivity index (χ4n) is 2.13. The first kappa shape index (κ1) is 5.41. The molecule has 1 aliphatic heterocycles. The first-order valence-electron chi connectivity index (χ1n) is 17.7. The summed E-state index contributed by atoms with van der Waals surface area (Å²) >= 11 is 0. The number of H-pyrrole nitrogens is 1. The van der Waals surface area contributed by atoms with Crippen LogP contribution in [0.5, 0.6) is 0 Å². The van der Waals surface area contributed by atoms with Gasteiger partial charge in [0.25, 0.3) is 0 Å². The Bertz CT molecular complexity index is 1710. The van der Waals surface area contributed by atoms with Crippen LogP contribution in [0, 0.1) is 18.5 Å². The predicted octanol–water partition coefficient (Wildman–Crippen LogP) is 3.54. The number of halogens is 2. The molecule has 1 aromatic carbocycles. The minimum Gasteiger partial charge on any atom is -0.435 e. The molecule has 1 fully saturated rings. The second kappa shape index (κ2) is 5.90. The molecule has 0 spiro atoms. The Labute approximate surface area is 180 Å². The number of hydrogen-bond acceptors (Lipinski definition) is 2. The zero-order valence-electron chi connectivity index (χ0n) is 34.4. The second-order valence-electron chi connectivity index (χ2n) is 5.10. The number of carboxylic acid groups (broad SMARTS) is 1. The molecule has 1 saturated heterocycles. The van der Waals surface area contributed by atoms with E-state index in [1.807, 2.05) is 0 Å². The summed E-state index contributed by atoms with van der Waals surface area (Å²) in [4.78, 5) is 25.9. The standard InChI is InChI=1S/C18H23F2N3O3/c1-10-9-12-15(14(20)13(10)19)21-16(24)22(12)11-5-7-23(8-6-11,17(25)26)18(2,3)4/h9,11H,5-8H2,1-4H3,(H-,21,24,25,26)/p+1/i1D3,2D2,3D3,4D3,5D2,6D2,7D2,8D2,9D,11D/hD. The zero-order valence-corrected chi connectivity index (χ0v) is 12.4. The monoisotopic (exact) mass is 390 g/mol. The van der Waals surface area contributed by atoms with E-state index in [-0.39, 0.29) is 0 Å². The van der Waals surface area contributed by atoms with Crippen LogP contribution >= 0.6 is 0 Å². The number of hydrogen-bond donors (Lipinski definition) is 2. The van der Waals surface area contributed by atoms with Gasteiger partial charge in [0.05, 0.1) is 26.7 Å². The number of imidazole rings is 1. The average molecular weight is 391 g/mol. The topological polar surface area (TPSA) is 75.1 Å². The maximum absolute atomic E-state index is 15.3. The number of fused-ring (bicyclic) bond motifs is 1. The SMILES string of the molecule is [2H]c1c(C([2H])([2H])[2H])c(F)c(F)c2c1n(C1([2H])C([2H])([2H])C([2H])([2H])[N+](C(=O)O)(C(C([2H])[2H])(C([2H])([2H])[2H])C([2H])([2H])[2H])C([2H])([2H])C1([2H])[2H])c(=O)n2[2H]. The smallest absolute Gasteiger partial charge is 0.435 e. The summed E-state index contributed by atoms with van der Waals surface area (Å²) in [5.41, 5.74) is -12.9. The van der Waals surface area contributed by atoms with Crippen molar-refractivity contribution in [3.63, 3.8) is 0 Å². The molecule has 26 heavy (non-hydrogen) atoms. The highest BCUT2D eigenvalue weighted by atomic mass is 19.2. The van der Waals surface area contributed by atoms with Gasteiger partial charge in [-0.05, 0) is 39.0 Å². The summed E-state index contributed by atoms with van der Waals surface area (Å²) in [7, 11) is 0. The lowest BCUT2D eigenvalue weighted by molar-refractivity contribution is -0.908. The molecule has 142 valence electrons. The Balaban J connectivity index is 2.87.